The first-order valence-corrected chi connectivity index (χ1v) is 8.80. The van der Waals surface area contributed by atoms with E-state index >= 15 is 0 Å². The molecule has 6 nitrogen and oxygen atoms in total. The Morgan fingerprint density at radius 1 is 1.12 bits per heavy atom. The molecule has 1 aromatic heterocycles. The minimum atomic E-state index is -0.238. The highest BCUT2D eigenvalue weighted by Gasteiger charge is 2.32. The molecule has 0 aliphatic carbocycles. The van der Waals surface area contributed by atoms with Crippen molar-refractivity contribution in [3.63, 3.8) is 0 Å². The molecule has 0 bridgehead atoms. The molecule has 2 heterocycles. The zero-order chi connectivity index (χ0) is 17.9. The number of carbonyl (C=O) groups excluding carboxylic acids is 2. The molecule has 3 aromatic rings. The van der Waals surface area contributed by atoms with E-state index in [1.54, 1.807) is 24.3 Å². The lowest BCUT2D eigenvalue weighted by atomic mass is 10.2. The number of hydrogen-bond donors (Lipinski definition) is 2. The zero-order valence-electron chi connectivity index (χ0n) is 14.3. The number of benzene rings is 2. The lowest BCUT2D eigenvalue weighted by Gasteiger charge is -2.23. The Bertz CT molecular complexity index is 902. The average molecular weight is 348 g/mol. The molecule has 0 saturated carbocycles. The Labute approximate surface area is 151 Å². The Kier molecular flexibility index (Phi) is 4.39. The van der Waals surface area contributed by atoms with Gasteiger partial charge in [-0.1, -0.05) is 30.3 Å². The molecule has 1 aliphatic rings. The van der Waals surface area contributed by atoms with Gasteiger partial charge in [0.1, 0.15) is 5.82 Å². The molecule has 1 unspecified atom stereocenters. The molecule has 1 fully saturated rings. The zero-order valence-corrected chi connectivity index (χ0v) is 14.3. The number of hydrogen-bond acceptors (Lipinski definition) is 3. The van der Waals surface area contributed by atoms with E-state index in [-0.39, 0.29) is 24.4 Å². The van der Waals surface area contributed by atoms with Gasteiger partial charge in [-0.25, -0.2) is 4.98 Å². The standard InChI is InChI=1S/C20H20N4O2/c25-18(13-21-20(26)14-7-2-1-3-8-14)24-12-6-11-17(24)19-22-15-9-4-5-10-16(15)23-19/h1-5,7-10,17H,6,11-13H2,(H,21,26)(H,22,23). The predicted octanol–water partition coefficient (Wildman–Crippen LogP) is 2.66. The van der Waals surface area contributed by atoms with Gasteiger partial charge in [0.05, 0.1) is 23.6 Å². The van der Waals surface area contributed by atoms with E-state index in [9.17, 15) is 9.59 Å². The SMILES string of the molecule is O=C(NCC(=O)N1CCCC1c1nc2ccccc2[nH]1)c1ccccc1. The van der Waals surface area contributed by atoms with E-state index in [4.69, 9.17) is 0 Å². The average Bonchev–Trinajstić information content (AvgIpc) is 3.32. The number of likely N-dealkylation sites (tertiary alicyclic amines) is 1. The summed E-state index contributed by atoms with van der Waals surface area (Å²) in [7, 11) is 0. The minimum absolute atomic E-state index is 0.00947. The Hall–Kier alpha value is -3.15. The second kappa shape index (κ2) is 7.00. The van der Waals surface area contributed by atoms with Gasteiger partial charge in [0.2, 0.25) is 5.91 Å². The van der Waals surface area contributed by atoms with Crippen molar-refractivity contribution in [1.29, 1.82) is 0 Å². The van der Waals surface area contributed by atoms with Crippen LogP contribution in [-0.4, -0.2) is 39.8 Å². The Morgan fingerprint density at radius 2 is 1.88 bits per heavy atom. The summed E-state index contributed by atoms with van der Waals surface area (Å²) in [5, 5.41) is 2.71. The fourth-order valence-corrected chi connectivity index (χ4v) is 3.43. The van der Waals surface area contributed by atoms with Gasteiger partial charge in [-0.3, -0.25) is 9.59 Å². The van der Waals surface area contributed by atoms with Crippen LogP contribution in [0.1, 0.15) is 35.1 Å². The number of para-hydroxylation sites is 2. The first kappa shape index (κ1) is 16.3. The molecular weight excluding hydrogens is 328 g/mol. The summed E-state index contributed by atoms with van der Waals surface area (Å²) in [6, 6.07) is 16.7. The summed E-state index contributed by atoms with van der Waals surface area (Å²) in [4.78, 5) is 34.5. The van der Waals surface area contributed by atoms with Crippen LogP contribution in [0.4, 0.5) is 0 Å². The van der Waals surface area contributed by atoms with Crippen LogP contribution in [0.25, 0.3) is 11.0 Å². The van der Waals surface area contributed by atoms with Gasteiger partial charge in [-0.2, -0.15) is 0 Å². The summed E-state index contributed by atoms with van der Waals surface area (Å²) in [6.07, 6.45) is 1.80. The van der Waals surface area contributed by atoms with Crippen LogP contribution in [0.3, 0.4) is 0 Å². The van der Waals surface area contributed by atoms with Gasteiger partial charge in [0, 0.05) is 12.1 Å². The third-order valence-electron chi connectivity index (χ3n) is 4.73. The molecule has 1 aliphatic heterocycles. The number of carbonyl (C=O) groups is 2. The van der Waals surface area contributed by atoms with Gasteiger partial charge < -0.3 is 15.2 Å². The number of fused-ring (bicyclic) bond motifs is 1. The van der Waals surface area contributed by atoms with E-state index in [0.29, 0.717) is 12.1 Å². The third-order valence-corrected chi connectivity index (χ3v) is 4.73. The minimum Gasteiger partial charge on any atom is -0.343 e. The van der Waals surface area contributed by atoms with E-state index in [2.05, 4.69) is 15.3 Å². The Balaban J connectivity index is 1.44. The topological polar surface area (TPSA) is 78.1 Å². The van der Waals surface area contributed by atoms with Crippen molar-refractivity contribution < 1.29 is 9.59 Å². The van der Waals surface area contributed by atoms with Crippen molar-refractivity contribution in [2.75, 3.05) is 13.1 Å². The number of rotatable bonds is 4. The number of aromatic nitrogens is 2. The number of H-pyrrole nitrogens is 1. The van der Waals surface area contributed by atoms with E-state index < -0.39 is 0 Å². The van der Waals surface area contributed by atoms with Crippen LogP contribution in [0.2, 0.25) is 0 Å². The smallest absolute Gasteiger partial charge is 0.251 e. The van der Waals surface area contributed by atoms with Crippen molar-refractivity contribution in [1.82, 2.24) is 20.2 Å². The monoisotopic (exact) mass is 348 g/mol. The summed E-state index contributed by atoms with van der Waals surface area (Å²) in [5.41, 5.74) is 2.42. The maximum absolute atomic E-state index is 12.6. The van der Waals surface area contributed by atoms with Crippen LogP contribution in [0, 0.1) is 0 Å². The quantitative estimate of drug-likeness (QED) is 0.761. The van der Waals surface area contributed by atoms with Crippen molar-refractivity contribution in [3.05, 3.63) is 66.0 Å². The molecule has 6 heteroatoms. The van der Waals surface area contributed by atoms with Crippen molar-refractivity contribution in [2.45, 2.75) is 18.9 Å². The first-order chi connectivity index (χ1) is 12.7. The summed E-state index contributed by atoms with van der Waals surface area (Å²) in [6.45, 7) is 0.673. The fourth-order valence-electron chi connectivity index (χ4n) is 3.43. The van der Waals surface area contributed by atoms with Crippen LogP contribution in [0.5, 0.6) is 0 Å². The highest BCUT2D eigenvalue weighted by molar-refractivity contribution is 5.96. The van der Waals surface area contributed by atoms with Gasteiger partial charge in [-0.05, 0) is 37.1 Å². The number of nitrogens with zero attached hydrogens (tertiary/aromatic N) is 2. The van der Waals surface area contributed by atoms with Gasteiger partial charge in [0.25, 0.3) is 5.91 Å². The molecule has 4 rings (SSSR count). The number of imidazole rings is 1. The predicted molar refractivity (Wildman–Crippen MR) is 98.6 cm³/mol. The van der Waals surface area contributed by atoms with Crippen LogP contribution in [-0.2, 0) is 4.79 Å². The normalized spacial score (nSPS) is 16.8. The fraction of sp³-hybridized carbons (Fsp3) is 0.250. The third kappa shape index (κ3) is 3.18. The Morgan fingerprint density at radius 3 is 2.69 bits per heavy atom. The summed E-state index contributed by atoms with van der Waals surface area (Å²) in [5.74, 6) is 0.488. The van der Waals surface area contributed by atoms with Crippen LogP contribution in [0.15, 0.2) is 54.6 Å². The lowest BCUT2D eigenvalue weighted by Crippen LogP contribution is -2.40. The molecule has 1 atom stereocenters. The van der Waals surface area contributed by atoms with Gasteiger partial charge in [0.15, 0.2) is 0 Å². The van der Waals surface area contributed by atoms with E-state index in [1.165, 1.54) is 0 Å². The second-order valence-corrected chi connectivity index (χ2v) is 6.43. The van der Waals surface area contributed by atoms with Crippen LogP contribution < -0.4 is 5.32 Å². The second-order valence-electron chi connectivity index (χ2n) is 6.43. The lowest BCUT2D eigenvalue weighted by molar-refractivity contribution is -0.131. The van der Waals surface area contributed by atoms with Crippen LogP contribution >= 0.6 is 0 Å². The number of nitrogens with one attached hydrogen (secondary N) is 2. The van der Waals surface area contributed by atoms with E-state index in [1.807, 2.05) is 35.2 Å². The molecule has 2 aromatic carbocycles. The molecule has 2 amide bonds. The van der Waals surface area contributed by atoms with Crippen molar-refractivity contribution in [2.24, 2.45) is 0 Å². The van der Waals surface area contributed by atoms with Gasteiger partial charge in [-0.15, -0.1) is 0 Å². The number of aromatic amines is 1. The summed E-state index contributed by atoms with van der Waals surface area (Å²) < 4.78 is 0. The number of amides is 2. The maximum atomic E-state index is 12.6. The van der Waals surface area contributed by atoms with Gasteiger partial charge >= 0.3 is 0 Å². The largest absolute Gasteiger partial charge is 0.343 e. The molecule has 1 saturated heterocycles. The maximum Gasteiger partial charge on any atom is 0.251 e. The molecule has 0 radical (unpaired) electrons. The van der Waals surface area contributed by atoms with E-state index in [0.717, 1.165) is 29.7 Å². The highest BCUT2D eigenvalue weighted by atomic mass is 16.2. The first-order valence-electron chi connectivity index (χ1n) is 8.80. The highest BCUT2D eigenvalue weighted by Crippen LogP contribution is 2.31. The van der Waals surface area contributed by atoms with Crippen molar-refractivity contribution >= 4 is 22.8 Å². The molecule has 0 spiro atoms. The summed E-state index contributed by atoms with van der Waals surface area (Å²) >= 11 is 0. The molecule has 2 N–H and O–H groups in total. The molecule has 26 heavy (non-hydrogen) atoms. The van der Waals surface area contributed by atoms with Crippen molar-refractivity contribution in [3.8, 4) is 0 Å². The molecular formula is C20H20N4O2. The molecule has 132 valence electrons.